The first-order valence-corrected chi connectivity index (χ1v) is 8.13. The van der Waals surface area contributed by atoms with Gasteiger partial charge in [-0.25, -0.2) is 10.1 Å². The molecule has 0 atom stereocenters. The Labute approximate surface area is 163 Å². The zero-order chi connectivity index (χ0) is 21.0. The van der Waals surface area contributed by atoms with Crippen LogP contribution in [0.4, 0.5) is 11.5 Å². The maximum absolute atomic E-state index is 12.5. The van der Waals surface area contributed by atoms with E-state index in [0.717, 1.165) is 0 Å². The molecule has 0 aliphatic carbocycles. The second-order valence-electron chi connectivity index (χ2n) is 6.02. The fraction of sp³-hybridized carbons (Fsp3) is 0.200. The first-order chi connectivity index (χ1) is 13.9. The normalized spacial score (nSPS) is 11.3. The Morgan fingerprint density at radius 2 is 2.17 bits per heavy atom. The van der Waals surface area contributed by atoms with Crippen LogP contribution >= 0.6 is 0 Å². The third-order valence-electron chi connectivity index (χ3n) is 3.64. The van der Waals surface area contributed by atoms with Crippen LogP contribution < -0.4 is 11.2 Å². The standard InChI is InChI=1S/C15H16N10O4/c1-23(2)8-11-12(18-22-24(11)14-13(16)20-29-21-14)15(26)19-17-7-9-5-3-4-6-10(9)25(27)28/h3-7H,8H2,1-2H3,(H2,16,20)(H,19,26). The van der Waals surface area contributed by atoms with Crippen LogP contribution in [-0.2, 0) is 6.54 Å². The quantitative estimate of drug-likeness (QED) is 0.310. The molecule has 2 heterocycles. The summed E-state index contributed by atoms with van der Waals surface area (Å²) in [6.07, 6.45) is 1.17. The van der Waals surface area contributed by atoms with E-state index in [1.807, 2.05) is 0 Å². The summed E-state index contributed by atoms with van der Waals surface area (Å²) in [4.78, 5) is 24.8. The number of rotatable bonds is 7. The average Bonchev–Trinajstić information content (AvgIpc) is 3.27. The van der Waals surface area contributed by atoms with Crippen molar-refractivity contribution < 1.29 is 14.3 Å². The Hall–Kier alpha value is -4.20. The summed E-state index contributed by atoms with van der Waals surface area (Å²) in [5, 5.41) is 29.7. The third kappa shape index (κ3) is 4.22. The highest BCUT2D eigenvalue weighted by molar-refractivity contribution is 5.94. The van der Waals surface area contributed by atoms with Gasteiger partial charge in [0.05, 0.1) is 22.4 Å². The minimum absolute atomic E-state index is 0.0173. The van der Waals surface area contributed by atoms with Crippen LogP contribution in [0.2, 0.25) is 0 Å². The molecule has 1 amide bonds. The van der Waals surface area contributed by atoms with Crippen molar-refractivity contribution in [3.8, 4) is 5.82 Å². The van der Waals surface area contributed by atoms with E-state index >= 15 is 0 Å². The lowest BCUT2D eigenvalue weighted by molar-refractivity contribution is -0.385. The summed E-state index contributed by atoms with van der Waals surface area (Å²) in [6, 6.07) is 5.99. The number of para-hydroxylation sites is 1. The molecule has 0 bridgehead atoms. The van der Waals surface area contributed by atoms with Crippen molar-refractivity contribution in [1.82, 2.24) is 35.6 Å². The van der Waals surface area contributed by atoms with Crippen LogP contribution in [0.1, 0.15) is 21.7 Å². The molecule has 0 unspecified atom stereocenters. The van der Waals surface area contributed by atoms with Gasteiger partial charge in [-0.2, -0.15) is 9.78 Å². The molecule has 0 fully saturated rings. The summed E-state index contributed by atoms with van der Waals surface area (Å²) in [5.74, 6) is -0.592. The number of hydrogen-bond donors (Lipinski definition) is 2. The molecular weight excluding hydrogens is 384 g/mol. The van der Waals surface area contributed by atoms with Crippen molar-refractivity contribution in [3.63, 3.8) is 0 Å². The topological polar surface area (TPSA) is 183 Å². The molecule has 0 aliphatic rings. The predicted octanol–water partition coefficient (Wildman–Crippen LogP) is -0.0338. The predicted molar refractivity (Wildman–Crippen MR) is 99.2 cm³/mol. The summed E-state index contributed by atoms with van der Waals surface area (Å²) in [6.45, 7) is 0.274. The number of hydrogen-bond acceptors (Lipinski definition) is 11. The molecule has 0 saturated carbocycles. The van der Waals surface area contributed by atoms with E-state index in [1.165, 1.54) is 29.1 Å². The number of anilines is 1. The highest BCUT2D eigenvalue weighted by Crippen LogP contribution is 2.17. The van der Waals surface area contributed by atoms with Gasteiger partial charge >= 0.3 is 0 Å². The van der Waals surface area contributed by atoms with Crippen LogP contribution in [0.5, 0.6) is 0 Å². The first kappa shape index (κ1) is 19.6. The van der Waals surface area contributed by atoms with Gasteiger partial charge in [-0.15, -0.1) is 5.10 Å². The largest absolute Gasteiger partial charge is 0.378 e. The molecule has 0 saturated heterocycles. The van der Waals surface area contributed by atoms with E-state index in [1.54, 1.807) is 25.1 Å². The Morgan fingerprint density at radius 3 is 2.83 bits per heavy atom. The number of nitrogen functional groups attached to an aromatic ring is 1. The minimum Gasteiger partial charge on any atom is -0.378 e. The summed E-state index contributed by atoms with van der Waals surface area (Å²) in [5.41, 5.74) is 8.41. The SMILES string of the molecule is CN(C)Cc1c(C(=O)NN=Cc2ccccc2[N+](=O)[O-])nnn1-c1nonc1N. The van der Waals surface area contributed by atoms with Gasteiger partial charge in [0.1, 0.15) is 0 Å². The maximum atomic E-state index is 12.5. The number of nitrogens with two attached hydrogens (primary N) is 1. The molecule has 3 N–H and O–H groups in total. The first-order valence-electron chi connectivity index (χ1n) is 8.13. The van der Waals surface area contributed by atoms with E-state index in [0.29, 0.717) is 5.69 Å². The van der Waals surface area contributed by atoms with Gasteiger partial charge in [0.25, 0.3) is 11.6 Å². The second kappa shape index (κ2) is 8.22. The Bertz CT molecular complexity index is 1070. The zero-order valence-electron chi connectivity index (χ0n) is 15.4. The van der Waals surface area contributed by atoms with Crippen molar-refractivity contribution in [2.45, 2.75) is 6.54 Å². The average molecular weight is 400 g/mol. The van der Waals surface area contributed by atoms with Crippen molar-refractivity contribution in [2.24, 2.45) is 5.10 Å². The fourth-order valence-electron chi connectivity index (χ4n) is 2.40. The number of amides is 1. The monoisotopic (exact) mass is 400 g/mol. The molecule has 2 aromatic heterocycles. The van der Waals surface area contributed by atoms with Gasteiger partial charge < -0.3 is 10.6 Å². The molecular formula is C15H16N10O4. The number of carbonyl (C=O) groups is 1. The smallest absolute Gasteiger partial charge is 0.293 e. The molecule has 3 aromatic rings. The van der Waals surface area contributed by atoms with Gasteiger partial charge in [0.15, 0.2) is 5.69 Å². The Kier molecular flexibility index (Phi) is 5.54. The van der Waals surface area contributed by atoms with Crippen LogP contribution in [0.3, 0.4) is 0 Å². The summed E-state index contributed by atoms with van der Waals surface area (Å²) in [7, 11) is 3.58. The number of hydrazone groups is 1. The molecule has 0 spiro atoms. The molecule has 150 valence electrons. The Balaban J connectivity index is 1.85. The van der Waals surface area contributed by atoms with Crippen LogP contribution in [0.25, 0.3) is 5.82 Å². The number of benzene rings is 1. The third-order valence-corrected chi connectivity index (χ3v) is 3.64. The zero-order valence-corrected chi connectivity index (χ0v) is 15.4. The highest BCUT2D eigenvalue weighted by Gasteiger charge is 2.24. The number of aromatic nitrogens is 5. The maximum Gasteiger partial charge on any atom is 0.293 e. The fourth-order valence-corrected chi connectivity index (χ4v) is 2.40. The molecule has 14 heteroatoms. The van der Waals surface area contributed by atoms with Crippen LogP contribution in [0.15, 0.2) is 34.0 Å². The number of nitrogens with one attached hydrogen (secondary N) is 1. The summed E-state index contributed by atoms with van der Waals surface area (Å²) < 4.78 is 5.81. The Morgan fingerprint density at radius 1 is 1.41 bits per heavy atom. The second-order valence-corrected chi connectivity index (χ2v) is 6.02. The number of nitro benzene ring substituents is 1. The molecule has 14 nitrogen and oxygen atoms in total. The number of nitrogens with zero attached hydrogens (tertiary/aromatic N) is 8. The number of nitro groups is 1. The van der Waals surface area contributed by atoms with E-state index in [9.17, 15) is 14.9 Å². The molecule has 29 heavy (non-hydrogen) atoms. The van der Waals surface area contributed by atoms with E-state index in [-0.39, 0.29) is 35.1 Å². The lowest BCUT2D eigenvalue weighted by Crippen LogP contribution is -2.23. The molecule has 3 rings (SSSR count). The van der Waals surface area contributed by atoms with Gasteiger partial charge in [-0.05, 0) is 30.5 Å². The summed E-state index contributed by atoms with van der Waals surface area (Å²) >= 11 is 0. The molecule has 1 aromatic carbocycles. The van der Waals surface area contributed by atoms with Gasteiger partial charge in [0.2, 0.25) is 11.6 Å². The van der Waals surface area contributed by atoms with Crippen molar-refractivity contribution in [2.75, 3.05) is 19.8 Å². The molecule has 0 radical (unpaired) electrons. The van der Waals surface area contributed by atoms with Crippen molar-refractivity contribution in [1.29, 1.82) is 0 Å². The van der Waals surface area contributed by atoms with E-state index < -0.39 is 10.8 Å². The van der Waals surface area contributed by atoms with E-state index in [4.69, 9.17) is 5.73 Å². The van der Waals surface area contributed by atoms with Crippen molar-refractivity contribution >= 4 is 23.6 Å². The van der Waals surface area contributed by atoms with Gasteiger partial charge in [-0.1, -0.05) is 17.3 Å². The minimum atomic E-state index is -0.669. The van der Waals surface area contributed by atoms with Crippen molar-refractivity contribution in [3.05, 3.63) is 51.3 Å². The van der Waals surface area contributed by atoms with E-state index in [2.05, 4.69) is 35.8 Å². The van der Waals surface area contributed by atoms with Gasteiger partial charge in [0, 0.05) is 12.6 Å². The van der Waals surface area contributed by atoms with Crippen LogP contribution in [-0.4, -0.2) is 61.3 Å². The molecule has 0 aliphatic heterocycles. The van der Waals surface area contributed by atoms with Gasteiger partial charge in [-0.3, -0.25) is 14.9 Å². The highest BCUT2D eigenvalue weighted by atomic mass is 16.6. The number of carbonyl (C=O) groups excluding carboxylic acids is 1. The lowest BCUT2D eigenvalue weighted by atomic mass is 10.2. The van der Waals surface area contributed by atoms with Crippen LogP contribution in [0, 0.1) is 10.1 Å². The lowest BCUT2D eigenvalue weighted by Gasteiger charge is -2.11.